The highest BCUT2D eigenvalue weighted by atomic mass is 32.2. The van der Waals surface area contributed by atoms with E-state index in [0.717, 1.165) is 43.8 Å². The average Bonchev–Trinajstić information content (AvgIpc) is 2.79. The number of rotatable bonds is 4. The van der Waals surface area contributed by atoms with Crippen LogP contribution in [0.4, 0.5) is 24.5 Å². The molecule has 2 fully saturated rings. The van der Waals surface area contributed by atoms with E-state index < -0.39 is 17.6 Å². The minimum atomic E-state index is -4.48. The Morgan fingerprint density at radius 2 is 1.68 bits per heavy atom. The van der Waals surface area contributed by atoms with E-state index in [2.05, 4.69) is 15.1 Å². The monoisotopic (exact) mass is 449 g/mol. The largest absolute Gasteiger partial charge is 0.416 e. The van der Waals surface area contributed by atoms with Crippen LogP contribution in [0.2, 0.25) is 0 Å². The predicted molar refractivity (Wildman–Crippen MR) is 120 cm³/mol. The number of amides is 1. The molecule has 0 bridgehead atoms. The number of halogens is 3. The summed E-state index contributed by atoms with van der Waals surface area (Å²) in [5.74, 6) is 1.88. The topological polar surface area (TPSA) is 35.6 Å². The molecule has 4 rings (SSSR count). The molecule has 0 aromatic heterocycles. The summed E-state index contributed by atoms with van der Waals surface area (Å²) in [5, 5.41) is 2.73. The lowest BCUT2D eigenvalue weighted by atomic mass is 10.0. The molecule has 0 atom stereocenters. The fourth-order valence-electron chi connectivity index (χ4n) is 4.25. The van der Waals surface area contributed by atoms with Crippen LogP contribution >= 0.6 is 11.8 Å². The van der Waals surface area contributed by atoms with Crippen LogP contribution in [0.15, 0.2) is 48.5 Å². The molecule has 2 aromatic carbocycles. The second-order valence-electron chi connectivity index (χ2n) is 7.95. The summed E-state index contributed by atoms with van der Waals surface area (Å²) < 4.78 is 38.8. The van der Waals surface area contributed by atoms with Gasteiger partial charge in [0.25, 0.3) is 5.91 Å². The molecule has 2 aromatic rings. The van der Waals surface area contributed by atoms with Crippen LogP contribution in [-0.2, 0) is 6.18 Å². The van der Waals surface area contributed by atoms with Gasteiger partial charge in [-0.15, -0.1) is 0 Å². The van der Waals surface area contributed by atoms with Gasteiger partial charge in [0, 0.05) is 60.7 Å². The highest BCUT2D eigenvalue weighted by molar-refractivity contribution is 7.99. The third-order valence-corrected chi connectivity index (χ3v) is 6.89. The van der Waals surface area contributed by atoms with E-state index in [4.69, 9.17) is 0 Å². The van der Waals surface area contributed by atoms with Gasteiger partial charge in [0.2, 0.25) is 0 Å². The Labute approximate surface area is 184 Å². The fourth-order valence-corrected chi connectivity index (χ4v) is 5.18. The van der Waals surface area contributed by atoms with Gasteiger partial charge in [-0.1, -0.05) is 12.1 Å². The Kier molecular flexibility index (Phi) is 6.77. The third-order valence-electron chi connectivity index (χ3n) is 5.95. The standard InChI is InChI=1S/C23H26F3N3OS/c24-23(25,26)18-4-1-3-17(15-18)22(30)27-19-5-2-6-21(16-19)28-9-7-20(8-10-28)29-11-13-31-14-12-29/h1-6,15-16,20H,7-14H2,(H,27,30). The Bertz CT molecular complexity index is 907. The van der Waals surface area contributed by atoms with E-state index >= 15 is 0 Å². The maximum atomic E-state index is 12.9. The molecular formula is C23H26F3N3OS. The molecule has 31 heavy (non-hydrogen) atoms. The lowest BCUT2D eigenvalue weighted by Gasteiger charge is -2.40. The van der Waals surface area contributed by atoms with Crippen molar-refractivity contribution in [3.8, 4) is 0 Å². The number of carbonyl (C=O) groups excluding carboxylic acids is 1. The normalized spacial score (nSPS) is 18.7. The summed E-state index contributed by atoms with van der Waals surface area (Å²) in [7, 11) is 0. The first kappa shape index (κ1) is 22.0. The molecule has 0 unspecified atom stereocenters. The number of benzene rings is 2. The van der Waals surface area contributed by atoms with E-state index in [0.29, 0.717) is 11.7 Å². The molecule has 4 nitrogen and oxygen atoms in total. The van der Waals surface area contributed by atoms with Gasteiger partial charge in [0.05, 0.1) is 5.56 Å². The van der Waals surface area contributed by atoms with Crippen LogP contribution in [0.3, 0.4) is 0 Å². The minimum absolute atomic E-state index is 0.0132. The number of hydrogen-bond acceptors (Lipinski definition) is 4. The third kappa shape index (κ3) is 5.54. The summed E-state index contributed by atoms with van der Waals surface area (Å²) in [6, 6.07) is 12.6. The number of anilines is 2. The lowest BCUT2D eigenvalue weighted by Crippen LogP contribution is -2.47. The summed E-state index contributed by atoms with van der Waals surface area (Å²) in [6.45, 7) is 4.26. The minimum Gasteiger partial charge on any atom is -0.371 e. The molecule has 0 aliphatic carbocycles. The van der Waals surface area contributed by atoms with Gasteiger partial charge >= 0.3 is 6.18 Å². The first-order chi connectivity index (χ1) is 14.9. The second kappa shape index (κ2) is 9.53. The maximum Gasteiger partial charge on any atom is 0.416 e. The van der Waals surface area contributed by atoms with Crippen molar-refractivity contribution in [3.63, 3.8) is 0 Å². The zero-order chi connectivity index (χ0) is 21.8. The van der Waals surface area contributed by atoms with Gasteiger partial charge in [0.15, 0.2) is 0 Å². The number of piperidine rings is 1. The fraction of sp³-hybridized carbons (Fsp3) is 0.435. The molecule has 0 radical (unpaired) electrons. The van der Waals surface area contributed by atoms with Gasteiger partial charge < -0.3 is 10.2 Å². The van der Waals surface area contributed by atoms with E-state index in [-0.39, 0.29) is 5.56 Å². The van der Waals surface area contributed by atoms with E-state index in [1.54, 1.807) is 6.07 Å². The van der Waals surface area contributed by atoms with Crippen molar-refractivity contribution in [3.05, 3.63) is 59.7 Å². The van der Waals surface area contributed by atoms with Crippen molar-refractivity contribution in [1.82, 2.24) is 4.90 Å². The predicted octanol–water partition coefficient (Wildman–Crippen LogP) is 4.98. The number of nitrogens with one attached hydrogen (secondary N) is 1. The Balaban J connectivity index is 1.38. The molecule has 1 amide bonds. The Morgan fingerprint density at radius 1 is 0.968 bits per heavy atom. The van der Waals surface area contributed by atoms with Crippen LogP contribution in [0.5, 0.6) is 0 Å². The van der Waals surface area contributed by atoms with E-state index in [9.17, 15) is 18.0 Å². The van der Waals surface area contributed by atoms with Gasteiger partial charge in [0.1, 0.15) is 0 Å². The van der Waals surface area contributed by atoms with Gasteiger partial charge in [-0.2, -0.15) is 24.9 Å². The first-order valence-corrected chi connectivity index (χ1v) is 11.7. The summed E-state index contributed by atoms with van der Waals surface area (Å²) in [6.07, 6.45) is -2.24. The van der Waals surface area contributed by atoms with Crippen LogP contribution < -0.4 is 10.2 Å². The molecule has 1 N–H and O–H groups in total. The summed E-state index contributed by atoms with van der Waals surface area (Å²) in [4.78, 5) is 17.4. The Hall–Kier alpha value is -2.19. The van der Waals surface area contributed by atoms with Crippen LogP contribution in [0, 0.1) is 0 Å². The van der Waals surface area contributed by atoms with E-state index in [1.807, 2.05) is 30.0 Å². The van der Waals surface area contributed by atoms with Crippen molar-refractivity contribution in [1.29, 1.82) is 0 Å². The van der Waals surface area contributed by atoms with Crippen molar-refractivity contribution in [2.45, 2.75) is 25.1 Å². The number of carbonyl (C=O) groups is 1. The van der Waals surface area contributed by atoms with Crippen molar-refractivity contribution >= 4 is 29.0 Å². The number of alkyl halides is 3. The number of nitrogens with zero attached hydrogens (tertiary/aromatic N) is 2. The molecule has 2 aliphatic rings. The molecule has 0 spiro atoms. The zero-order valence-electron chi connectivity index (χ0n) is 17.2. The molecule has 2 saturated heterocycles. The average molecular weight is 450 g/mol. The van der Waals surface area contributed by atoms with Crippen molar-refractivity contribution in [2.24, 2.45) is 0 Å². The SMILES string of the molecule is O=C(Nc1cccc(N2CCC(N3CCSCC3)CC2)c1)c1cccc(C(F)(F)F)c1. The van der Waals surface area contributed by atoms with Crippen LogP contribution in [0.25, 0.3) is 0 Å². The zero-order valence-corrected chi connectivity index (χ0v) is 18.0. The van der Waals surface area contributed by atoms with Gasteiger partial charge in [-0.05, 0) is 49.2 Å². The van der Waals surface area contributed by atoms with E-state index in [1.165, 1.54) is 36.7 Å². The van der Waals surface area contributed by atoms with Gasteiger partial charge in [-0.25, -0.2) is 0 Å². The van der Waals surface area contributed by atoms with Gasteiger partial charge in [-0.3, -0.25) is 9.69 Å². The van der Waals surface area contributed by atoms with Crippen LogP contribution in [0.1, 0.15) is 28.8 Å². The first-order valence-electron chi connectivity index (χ1n) is 10.6. The second-order valence-corrected chi connectivity index (χ2v) is 9.17. The lowest BCUT2D eigenvalue weighted by molar-refractivity contribution is -0.137. The molecular weight excluding hydrogens is 423 g/mol. The van der Waals surface area contributed by atoms with Crippen molar-refractivity contribution in [2.75, 3.05) is 47.9 Å². The maximum absolute atomic E-state index is 12.9. The molecule has 166 valence electrons. The summed E-state index contributed by atoms with van der Waals surface area (Å²) >= 11 is 2.02. The molecule has 0 saturated carbocycles. The number of thioether (sulfide) groups is 1. The molecule has 2 heterocycles. The smallest absolute Gasteiger partial charge is 0.371 e. The van der Waals surface area contributed by atoms with Crippen LogP contribution in [-0.4, -0.2) is 54.5 Å². The number of hydrogen-bond donors (Lipinski definition) is 1. The Morgan fingerprint density at radius 3 is 2.39 bits per heavy atom. The highest BCUT2D eigenvalue weighted by Gasteiger charge is 2.31. The highest BCUT2D eigenvalue weighted by Crippen LogP contribution is 2.30. The summed E-state index contributed by atoms with van der Waals surface area (Å²) in [5.41, 5.74) is 0.759. The quantitative estimate of drug-likeness (QED) is 0.715. The molecule has 8 heteroatoms. The van der Waals surface area contributed by atoms with Crippen molar-refractivity contribution < 1.29 is 18.0 Å². The molecule has 2 aliphatic heterocycles.